The van der Waals surface area contributed by atoms with Crippen LogP contribution >= 0.6 is 0 Å². The van der Waals surface area contributed by atoms with Crippen LogP contribution in [0.1, 0.15) is 52.9 Å². The average Bonchev–Trinajstić information content (AvgIpc) is 3.04. The smallest absolute Gasteiger partial charge is 0.191 e. The van der Waals surface area contributed by atoms with Crippen molar-refractivity contribution in [3.05, 3.63) is 0 Å². The van der Waals surface area contributed by atoms with Gasteiger partial charge in [-0.25, -0.2) is 0 Å². The van der Waals surface area contributed by atoms with Crippen molar-refractivity contribution < 1.29 is 4.74 Å². The fourth-order valence-corrected chi connectivity index (χ4v) is 3.39. The molecular formula is C18H38N4O. The lowest BCUT2D eigenvalue weighted by molar-refractivity contribution is 0.141. The summed E-state index contributed by atoms with van der Waals surface area (Å²) in [5, 5.41) is 6.86. The molecule has 0 saturated heterocycles. The number of aliphatic imine (C=N–C) groups is 1. The molecule has 0 amide bonds. The predicted octanol–water partition coefficient (Wildman–Crippen LogP) is 2.48. The standard InChI is InChI=1S/C18H38N4O/c1-5-19-17(20-13-14-22(6-2)7-3)21-16-18(12-15-23-4)10-8-9-11-18/h5-16H2,1-4H3,(H2,19,20,21). The lowest BCUT2D eigenvalue weighted by Gasteiger charge is -2.27. The molecule has 0 aromatic heterocycles. The first kappa shape index (κ1) is 20.2. The number of guanidine groups is 1. The number of hydrogen-bond donors (Lipinski definition) is 2. The normalized spacial score (nSPS) is 17.7. The predicted molar refractivity (Wildman–Crippen MR) is 99.2 cm³/mol. The van der Waals surface area contributed by atoms with Gasteiger partial charge in [-0.2, -0.15) is 0 Å². The minimum absolute atomic E-state index is 0.358. The third kappa shape index (κ3) is 7.53. The molecule has 0 radical (unpaired) electrons. The summed E-state index contributed by atoms with van der Waals surface area (Å²) in [4.78, 5) is 7.31. The summed E-state index contributed by atoms with van der Waals surface area (Å²) in [6.07, 6.45) is 6.39. The Labute approximate surface area is 143 Å². The molecule has 2 N–H and O–H groups in total. The van der Waals surface area contributed by atoms with Gasteiger partial charge in [0.2, 0.25) is 0 Å². The molecule has 1 rings (SSSR count). The Balaban J connectivity index is 2.51. The lowest BCUT2D eigenvalue weighted by atomic mass is 9.83. The van der Waals surface area contributed by atoms with E-state index < -0.39 is 0 Å². The number of hydrogen-bond acceptors (Lipinski definition) is 3. The number of rotatable bonds is 11. The Morgan fingerprint density at radius 3 is 2.39 bits per heavy atom. The molecule has 0 unspecified atom stereocenters. The SMILES string of the molecule is CCNC(=NCC1(CCOC)CCCC1)NCCN(CC)CC. The van der Waals surface area contributed by atoms with Crippen molar-refractivity contribution in [3.63, 3.8) is 0 Å². The van der Waals surface area contributed by atoms with Crippen molar-refractivity contribution in [2.75, 3.05) is 53.0 Å². The average molecular weight is 327 g/mol. The van der Waals surface area contributed by atoms with Crippen molar-refractivity contribution in [2.24, 2.45) is 10.4 Å². The zero-order valence-corrected chi connectivity index (χ0v) is 15.8. The maximum absolute atomic E-state index is 5.31. The first-order valence-corrected chi connectivity index (χ1v) is 9.43. The first-order chi connectivity index (χ1) is 11.2. The van der Waals surface area contributed by atoms with Gasteiger partial charge < -0.3 is 20.3 Å². The third-order valence-electron chi connectivity index (χ3n) is 5.03. The molecule has 5 nitrogen and oxygen atoms in total. The van der Waals surface area contributed by atoms with Crippen LogP contribution in [0.5, 0.6) is 0 Å². The van der Waals surface area contributed by atoms with Gasteiger partial charge in [-0.1, -0.05) is 26.7 Å². The molecule has 0 atom stereocenters. The largest absolute Gasteiger partial charge is 0.385 e. The molecule has 0 aliphatic heterocycles. The highest BCUT2D eigenvalue weighted by Gasteiger charge is 2.33. The van der Waals surface area contributed by atoms with E-state index in [-0.39, 0.29) is 0 Å². The van der Waals surface area contributed by atoms with Crippen LogP contribution in [0, 0.1) is 5.41 Å². The Bertz CT molecular complexity index is 323. The van der Waals surface area contributed by atoms with Gasteiger partial charge >= 0.3 is 0 Å². The van der Waals surface area contributed by atoms with Crippen molar-refractivity contribution in [3.8, 4) is 0 Å². The van der Waals surface area contributed by atoms with Gasteiger partial charge in [0.05, 0.1) is 0 Å². The highest BCUT2D eigenvalue weighted by atomic mass is 16.5. The van der Waals surface area contributed by atoms with Crippen LogP contribution in [-0.2, 0) is 4.74 Å². The molecule has 0 heterocycles. The molecule has 5 heteroatoms. The molecule has 0 bridgehead atoms. The zero-order chi connectivity index (χ0) is 17.0. The Morgan fingerprint density at radius 2 is 1.83 bits per heavy atom. The molecule has 0 aromatic carbocycles. The summed E-state index contributed by atoms with van der Waals surface area (Å²) in [5.41, 5.74) is 0.358. The Morgan fingerprint density at radius 1 is 1.13 bits per heavy atom. The van der Waals surface area contributed by atoms with Crippen LogP contribution in [0.3, 0.4) is 0 Å². The minimum atomic E-state index is 0.358. The molecule has 23 heavy (non-hydrogen) atoms. The topological polar surface area (TPSA) is 48.9 Å². The maximum Gasteiger partial charge on any atom is 0.191 e. The van der Waals surface area contributed by atoms with Gasteiger partial charge in [-0.05, 0) is 44.7 Å². The van der Waals surface area contributed by atoms with E-state index in [4.69, 9.17) is 9.73 Å². The van der Waals surface area contributed by atoms with Crippen molar-refractivity contribution in [1.29, 1.82) is 0 Å². The first-order valence-electron chi connectivity index (χ1n) is 9.43. The van der Waals surface area contributed by atoms with E-state index in [2.05, 4.69) is 36.3 Å². The summed E-state index contributed by atoms with van der Waals surface area (Å²) in [5.74, 6) is 0.961. The monoisotopic (exact) mass is 326 g/mol. The molecule has 1 fully saturated rings. The van der Waals surface area contributed by atoms with E-state index in [0.717, 1.165) is 58.3 Å². The summed E-state index contributed by atoms with van der Waals surface area (Å²) in [7, 11) is 1.80. The van der Waals surface area contributed by atoms with E-state index >= 15 is 0 Å². The summed E-state index contributed by atoms with van der Waals surface area (Å²) in [6, 6.07) is 0. The molecule has 0 aromatic rings. The molecule has 1 saturated carbocycles. The molecule has 0 spiro atoms. The Kier molecular flexibility index (Phi) is 10.3. The van der Waals surface area contributed by atoms with E-state index in [1.807, 2.05) is 0 Å². The highest BCUT2D eigenvalue weighted by molar-refractivity contribution is 5.79. The number of likely N-dealkylation sites (N-methyl/N-ethyl adjacent to an activating group) is 1. The second-order valence-electron chi connectivity index (χ2n) is 6.60. The van der Waals surface area contributed by atoms with E-state index in [1.54, 1.807) is 7.11 Å². The Hall–Kier alpha value is -0.810. The van der Waals surface area contributed by atoms with Crippen molar-refractivity contribution >= 4 is 5.96 Å². The molecular weight excluding hydrogens is 288 g/mol. The van der Waals surface area contributed by atoms with Gasteiger partial charge in [0, 0.05) is 39.9 Å². The number of nitrogens with zero attached hydrogens (tertiary/aromatic N) is 2. The van der Waals surface area contributed by atoms with Crippen LogP contribution in [0.2, 0.25) is 0 Å². The third-order valence-corrected chi connectivity index (χ3v) is 5.03. The molecule has 1 aliphatic rings. The summed E-state index contributed by atoms with van der Waals surface area (Å²) < 4.78 is 5.31. The van der Waals surface area contributed by atoms with Crippen molar-refractivity contribution in [2.45, 2.75) is 52.9 Å². The van der Waals surface area contributed by atoms with E-state index in [9.17, 15) is 0 Å². The van der Waals surface area contributed by atoms with E-state index in [0.29, 0.717) is 5.41 Å². The number of ether oxygens (including phenoxy) is 1. The van der Waals surface area contributed by atoms with Crippen molar-refractivity contribution in [1.82, 2.24) is 15.5 Å². The van der Waals surface area contributed by atoms with Crippen LogP contribution in [0.25, 0.3) is 0 Å². The number of nitrogens with one attached hydrogen (secondary N) is 2. The second-order valence-corrected chi connectivity index (χ2v) is 6.60. The van der Waals surface area contributed by atoms with Crippen LogP contribution < -0.4 is 10.6 Å². The van der Waals surface area contributed by atoms with Gasteiger partial charge in [-0.3, -0.25) is 4.99 Å². The zero-order valence-electron chi connectivity index (χ0n) is 15.8. The quantitative estimate of drug-likeness (QED) is 0.452. The van der Waals surface area contributed by atoms with Crippen LogP contribution in [0.4, 0.5) is 0 Å². The van der Waals surface area contributed by atoms with Gasteiger partial charge in [0.25, 0.3) is 0 Å². The fraction of sp³-hybridized carbons (Fsp3) is 0.944. The van der Waals surface area contributed by atoms with Crippen LogP contribution in [-0.4, -0.2) is 63.8 Å². The van der Waals surface area contributed by atoms with Gasteiger partial charge in [-0.15, -0.1) is 0 Å². The highest BCUT2D eigenvalue weighted by Crippen LogP contribution is 2.41. The second kappa shape index (κ2) is 11.7. The minimum Gasteiger partial charge on any atom is -0.385 e. The summed E-state index contributed by atoms with van der Waals surface area (Å²) >= 11 is 0. The van der Waals surface area contributed by atoms with E-state index in [1.165, 1.54) is 25.7 Å². The van der Waals surface area contributed by atoms with Crippen LogP contribution in [0.15, 0.2) is 4.99 Å². The number of methoxy groups -OCH3 is 1. The van der Waals surface area contributed by atoms with Gasteiger partial charge in [0.15, 0.2) is 5.96 Å². The maximum atomic E-state index is 5.31. The lowest BCUT2D eigenvalue weighted by Crippen LogP contribution is -2.42. The summed E-state index contributed by atoms with van der Waals surface area (Å²) in [6.45, 7) is 13.4. The fourth-order valence-electron chi connectivity index (χ4n) is 3.39. The molecule has 1 aliphatic carbocycles. The molecule has 136 valence electrons. The van der Waals surface area contributed by atoms with Gasteiger partial charge in [0.1, 0.15) is 0 Å².